The molecule has 2 aromatic heterocycles. The molecule has 35 heavy (non-hydrogen) atoms. The van der Waals surface area contributed by atoms with Crippen LogP contribution in [0.4, 0.5) is 0 Å². The molecular formula is C27H24N4O3S. The molecule has 2 heterocycles. The van der Waals surface area contributed by atoms with E-state index in [1.165, 1.54) is 17.3 Å². The van der Waals surface area contributed by atoms with Gasteiger partial charge in [0.1, 0.15) is 5.75 Å². The van der Waals surface area contributed by atoms with Crippen LogP contribution >= 0.6 is 11.8 Å². The van der Waals surface area contributed by atoms with Crippen LogP contribution in [0.25, 0.3) is 22.3 Å². The molecule has 0 unspecified atom stereocenters. The first-order chi connectivity index (χ1) is 17.1. The zero-order valence-electron chi connectivity index (χ0n) is 19.5. The van der Waals surface area contributed by atoms with Gasteiger partial charge in [0.15, 0.2) is 5.16 Å². The van der Waals surface area contributed by atoms with E-state index in [0.29, 0.717) is 46.7 Å². The highest BCUT2D eigenvalue weighted by Crippen LogP contribution is 2.25. The first-order valence-electron chi connectivity index (χ1n) is 11.3. The fourth-order valence-electron chi connectivity index (χ4n) is 3.70. The van der Waals surface area contributed by atoms with Gasteiger partial charge in [-0.1, -0.05) is 58.9 Å². The topological polar surface area (TPSA) is 83.0 Å². The van der Waals surface area contributed by atoms with Crippen molar-refractivity contribution in [1.82, 2.24) is 19.7 Å². The van der Waals surface area contributed by atoms with Crippen LogP contribution in [0.15, 0.2) is 87.3 Å². The monoisotopic (exact) mass is 484 g/mol. The molecule has 5 rings (SSSR count). The Morgan fingerprint density at radius 1 is 0.971 bits per heavy atom. The summed E-state index contributed by atoms with van der Waals surface area (Å²) in [6.45, 7) is 5.03. The number of ether oxygens (including phenoxy) is 1. The van der Waals surface area contributed by atoms with Crippen LogP contribution in [0.3, 0.4) is 0 Å². The van der Waals surface area contributed by atoms with E-state index in [9.17, 15) is 4.79 Å². The number of benzene rings is 3. The minimum atomic E-state index is -0.0701. The Morgan fingerprint density at radius 3 is 2.51 bits per heavy atom. The quantitative estimate of drug-likeness (QED) is 0.213. The first kappa shape index (κ1) is 22.9. The SMILES string of the molecule is CCOc1ccc(-c2noc(CSc3nc4ccccc4c(=O)n3Cc3ccc(C)cc3)n2)cc1. The number of hydrogen-bond donors (Lipinski definition) is 0. The van der Waals surface area contributed by atoms with Gasteiger partial charge in [-0.2, -0.15) is 4.98 Å². The van der Waals surface area contributed by atoms with Gasteiger partial charge in [-0.15, -0.1) is 0 Å². The molecule has 0 aliphatic heterocycles. The molecule has 0 N–H and O–H groups in total. The van der Waals surface area contributed by atoms with Crippen molar-refractivity contribution in [2.24, 2.45) is 0 Å². The van der Waals surface area contributed by atoms with E-state index in [0.717, 1.165) is 16.9 Å². The third-order valence-electron chi connectivity index (χ3n) is 5.50. The number of aromatic nitrogens is 4. The lowest BCUT2D eigenvalue weighted by Gasteiger charge is -2.13. The average Bonchev–Trinajstić information content (AvgIpc) is 3.36. The van der Waals surface area contributed by atoms with Gasteiger partial charge in [-0.25, -0.2) is 4.98 Å². The van der Waals surface area contributed by atoms with Gasteiger partial charge in [0.25, 0.3) is 5.56 Å². The maximum atomic E-state index is 13.3. The van der Waals surface area contributed by atoms with Crippen molar-refractivity contribution in [3.63, 3.8) is 0 Å². The lowest BCUT2D eigenvalue weighted by atomic mass is 10.1. The van der Waals surface area contributed by atoms with Crippen molar-refractivity contribution in [1.29, 1.82) is 0 Å². The second-order valence-electron chi connectivity index (χ2n) is 8.05. The first-order valence-corrected chi connectivity index (χ1v) is 12.3. The molecule has 7 nitrogen and oxygen atoms in total. The molecule has 0 amide bonds. The van der Waals surface area contributed by atoms with Gasteiger partial charge >= 0.3 is 0 Å². The summed E-state index contributed by atoms with van der Waals surface area (Å²) < 4.78 is 12.7. The number of hydrogen-bond acceptors (Lipinski definition) is 7. The van der Waals surface area contributed by atoms with Crippen LogP contribution < -0.4 is 10.3 Å². The normalized spacial score (nSPS) is 11.1. The third kappa shape index (κ3) is 5.12. The van der Waals surface area contributed by atoms with E-state index in [4.69, 9.17) is 14.2 Å². The second kappa shape index (κ2) is 10.1. The van der Waals surface area contributed by atoms with Crippen molar-refractivity contribution < 1.29 is 9.26 Å². The van der Waals surface area contributed by atoms with Crippen LogP contribution in [0.5, 0.6) is 5.75 Å². The van der Waals surface area contributed by atoms with Crippen LogP contribution in [0.2, 0.25) is 0 Å². The summed E-state index contributed by atoms with van der Waals surface area (Å²) in [6, 6.07) is 23.1. The number of thioether (sulfide) groups is 1. The Morgan fingerprint density at radius 2 is 1.74 bits per heavy atom. The molecule has 0 aliphatic rings. The molecule has 3 aromatic carbocycles. The molecule has 0 atom stereocenters. The Bertz CT molecular complexity index is 1510. The van der Waals surface area contributed by atoms with Crippen molar-refractivity contribution in [2.45, 2.75) is 31.3 Å². The average molecular weight is 485 g/mol. The third-order valence-corrected chi connectivity index (χ3v) is 6.47. The van der Waals surface area contributed by atoms with Crippen LogP contribution in [-0.2, 0) is 12.3 Å². The predicted molar refractivity (Wildman–Crippen MR) is 137 cm³/mol. The molecule has 8 heteroatoms. The van der Waals surface area contributed by atoms with Gasteiger partial charge in [0.2, 0.25) is 11.7 Å². The summed E-state index contributed by atoms with van der Waals surface area (Å²) >= 11 is 1.40. The van der Waals surface area contributed by atoms with Gasteiger partial charge in [0.05, 0.1) is 29.8 Å². The standard InChI is InChI=1S/C27H24N4O3S/c1-3-33-21-14-12-20(13-15-21)25-29-24(34-30-25)17-35-27-28-23-7-5-4-6-22(23)26(32)31(27)16-19-10-8-18(2)9-11-19/h4-15H,3,16-17H2,1-2H3. The Kier molecular flexibility index (Phi) is 6.63. The van der Waals surface area contributed by atoms with E-state index in [1.54, 1.807) is 4.57 Å². The van der Waals surface area contributed by atoms with E-state index in [2.05, 4.69) is 10.1 Å². The van der Waals surface area contributed by atoms with E-state index < -0.39 is 0 Å². The summed E-state index contributed by atoms with van der Waals surface area (Å²) in [5, 5.41) is 5.31. The fourth-order valence-corrected chi connectivity index (χ4v) is 4.53. The Labute approximate surface area is 206 Å². The van der Waals surface area contributed by atoms with Crippen molar-refractivity contribution in [3.8, 4) is 17.1 Å². The molecule has 5 aromatic rings. The summed E-state index contributed by atoms with van der Waals surface area (Å²) in [7, 11) is 0. The molecule has 176 valence electrons. The zero-order valence-corrected chi connectivity index (χ0v) is 20.3. The molecule has 0 saturated carbocycles. The summed E-state index contributed by atoms with van der Waals surface area (Å²) in [5.74, 6) is 2.16. The molecule has 0 bridgehead atoms. The van der Waals surface area contributed by atoms with Crippen molar-refractivity contribution >= 4 is 22.7 Å². The number of rotatable bonds is 8. The zero-order chi connectivity index (χ0) is 24.2. The second-order valence-corrected chi connectivity index (χ2v) is 8.99. The smallest absolute Gasteiger partial charge is 0.262 e. The number of nitrogens with zero attached hydrogens (tertiary/aromatic N) is 4. The van der Waals surface area contributed by atoms with Crippen molar-refractivity contribution in [3.05, 3.63) is 100 Å². The number of para-hydroxylation sites is 1. The minimum absolute atomic E-state index is 0.0701. The largest absolute Gasteiger partial charge is 0.494 e. The van der Waals surface area contributed by atoms with Gasteiger partial charge in [-0.05, 0) is 55.8 Å². The lowest BCUT2D eigenvalue weighted by molar-refractivity contribution is 0.340. The van der Waals surface area contributed by atoms with E-state index >= 15 is 0 Å². The number of aryl methyl sites for hydroxylation is 1. The number of fused-ring (bicyclic) bond motifs is 1. The highest BCUT2D eigenvalue weighted by molar-refractivity contribution is 7.98. The maximum Gasteiger partial charge on any atom is 0.262 e. The predicted octanol–water partition coefficient (Wildman–Crippen LogP) is 5.49. The Hall–Kier alpha value is -3.91. The highest BCUT2D eigenvalue weighted by atomic mass is 32.2. The molecule has 0 fully saturated rings. The summed E-state index contributed by atoms with van der Waals surface area (Å²) in [5.41, 5.74) is 3.65. The minimum Gasteiger partial charge on any atom is -0.494 e. The van der Waals surface area contributed by atoms with Crippen LogP contribution in [0.1, 0.15) is 23.9 Å². The van der Waals surface area contributed by atoms with E-state index in [-0.39, 0.29) is 5.56 Å². The van der Waals surface area contributed by atoms with E-state index in [1.807, 2.05) is 86.6 Å². The molecule has 0 aliphatic carbocycles. The summed E-state index contributed by atoms with van der Waals surface area (Å²) in [6.07, 6.45) is 0. The molecular weight excluding hydrogens is 460 g/mol. The van der Waals surface area contributed by atoms with Crippen LogP contribution in [0, 0.1) is 6.92 Å². The highest BCUT2D eigenvalue weighted by Gasteiger charge is 2.15. The lowest BCUT2D eigenvalue weighted by Crippen LogP contribution is -2.24. The molecule has 0 radical (unpaired) electrons. The van der Waals surface area contributed by atoms with Crippen molar-refractivity contribution in [2.75, 3.05) is 6.61 Å². The summed E-state index contributed by atoms with van der Waals surface area (Å²) in [4.78, 5) is 22.6. The van der Waals surface area contributed by atoms with Crippen LogP contribution in [-0.4, -0.2) is 26.3 Å². The van der Waals surface area contributed by atoms with Gasteiger partial charge < -0.3 is 9.26 Å². The molecule has 0 saturated heterocycles. The molecule has 0 spiro atoms. The van der Waals surface area contributed by atoms with Gasteiger partial charge in [-0.3, -0.25) is 9.36 Å². The fraction of sp³-hybridized carbons (Fsp3) is 0.185. The Balaban J connectivity index is 1.40. The maximum absolute atomic E-state index is 13.3. The van der Waals surface area contributed by atoms with Gasteiger partial charge in [0, 0.05) is 5.56 Å².